The van der Waals surface area contributed by atoms with Crippen LogP contribution in [0.1, 0.15) is 13.8 Å². The van der Waals surface area contributed by atoms with Crippen LogP contribution in [0.5, 0.6) is 5.88 Å². The number of pyridine rings is 1. The lowest BCUT2D eigenvalue weighted by atomic mass is 10.2. The summed E-state index contributed by atoms with van der Waals surface area (Å²) in [7, 11) is 1.56. The molecule has 1 aromatic heterocycles. The SMILES string of the molecule is CCN1CCN([C@H](C)CNC(=O)Nc2ccc(OC)nc2)CC1. The molecule has 0 unspecified atom stereocenters. The summed E-state index contributed by atoms with van der Waals surface area (Å²) in [5.74, 6) is 0.524. The Morgan fingerprint density at radius 3 is 2.65 bits per heavy atom. The predicted octanol–water partition coefficient (Wildman–Crippen LogP) is 1.24. The number of nitrogens with zero attached hydrogens (tertiary/aromatic N) is 3. The first-order valence-corrected chi connectivity index (χ1v) is 8.13. The zero-order valence-corrected chi connectivity index (χ0v) is 14.2. The summed E-state index contributed by atoms with van der Waals surface area (Å²) in [5, 5.41) is 5.69. The zero-order valence-electron chi connectivity index (χ0n) is 14.2. The normalized spacial score (nSPS) is 17.5. The Bertz CT molecular complexity index is 486. The van der Waals surface area contributed by atoms with Crippen molar-refractivity contribution in [3.63, 3.8) is 0 Å². The number of urea groups is 1. The van der Waals surface area contributed by atoms with Gasteiger partial charge in [0.1, 0.15) is 0 Å². The van der Waals surface area contributed by atoms with Crippen LogP contribution in [-0.4, -0.2) is 73.2 Å². The van der Waals surface area contributed by atoms with E-state index in [1.54, 1.807) is 25.4 Å². The molecule has 2 heterocycles. The van der Waals surface area contributed by atoms with Crippen LogP contribution in [0.4, 0.5) is 10.5 Å². The van der Waals surface area contributed by atoms with Crippen molar-refractivity contribution in [3.05, 3.63) is 18.3 Å². The number of carbonyl (C=O) groups is 1. The number of amides is 2. The molecule has 2 rings (SSSR count). The van der Waals surface area contributed by atoms with Gasteiger partial charge in [0.15, 0.2) is 0 Å². The third-order valence-corrected chi connectivity index (χ3v) is 4.24. The van der Waals surface area contributed by atoms with Crippen LogP contribution in [0, 0.1) is 0 Å². The maximum Gasteiger partial charge on any atom is 0.319 e. The van der Waals surface area contributed by atoms with Gasteiger partial charge in [-0.15, -0.1) is 0 Å². The highest BCUT2D eigenvalue weighted by Crippen LogP contribution is 2.10. The average Bonchev–Trinajstić information content (AvgIpc) is 2.60. The Balaban J connectivity index is 1.71. The molecule has 2 N–H and O–H groups in total. The number of anilines is 1. The van der Waals surface area contributed by atoms with Gasteiger partial charge in [-0.05, 0) is 19.5 Å². The van der Waals surface area contributed by atoms with Crippen LogP contribution in [0.3, 0.4) is 0 Å². The highest BCUT2D eigenvalue weighted by atomic mass is 16.5. The molecular formula is C16H27N5O2. The molecule has 7 heteroatoms. The maximum atomic E-state index is 11.9. The van der Waals surface area contributed by atoms with Gasteiger partial charge in [0, 0.05) is 44.8 Å². The van der Waals surface area contributed by atoms with Gasteiger partial charge in [0.25, 0.3) is 0 Å². The predicted molar refractivity (Wildman–Crippen MR) is 91.0 cm³/mol. The summed E-state index contributed by atoms with van der Waals surface area (Å²) in [6.07, 6.45) is 1.58. The number of nitrogens with one attached hydrogen (secondary N) is 2. The van der Waals surface area contributed by atoms with Gasteiger partial charge < -0.3 is 20.3 Å². The van der Waals surface area contributed by atoms with Crippen molar-refractivity contribution in [2.45, 2.75) is 19.9 Å². The molecule has 1 aliphatic heterocycles. The minimum atomic E-state index is -0.212. The van der Waals surface area contributed by atoms with Crippen LogP contribution in [0.25, 0.3) is 0 Å². The Morgan fingerprint density at radius 2 is 2.09 bits per heavy atom. The quantitative estimate of drug-likeness (QED) is 0.825. The molecular weight excluding hydrogens is 294 g/mol. The number of carbonyl (C=O) groups excluding carboxylic acids is 1. The fraction of sp³-hybridized carbons (Fsp3) is 0.625. The van der Waals surface area contributed by atoms with E-state index < -0.39 is 0 Å². The fourth-order valence-electron chi connectivity index (χ4n) is 2.64. The van der Waals surface area contributed by atoms with Crippen LogP contribution in [-0.2, 0) is 0 Å². The lowest BCUT2D eigenvalue weighted by molar-refractivity contribution is 0.106. The number of piperazine rings is 1. The van der Waals surface area contributed by atoms with Gasteiger partial charge in [0.2, 0.25) is 5.88 Å². The van der Waals surface area contributed by atoms with Gasteiger partial charge in [-0.2, -0.15) is 0 Å². The molecule has 0 bridgehead atoms. The number of aromatic nitrogens is 1. The van der Waals surface area contributed by atoms with Crippen molar-refractivity contribution in [2.24, 2.45) is 0 Å². The van der Waals surface area contributed by atoms with Gasteiger partial charge in [-0.1, -0.05) is 6.92 Å². The molecule has 0 radical (unpaired) electrons. The zero-order chi connectivity index (χ0) is 16.7. The molecule has 1 aliphatic rings. The molecule has 0 aromatic carbocycles. The first kappa shape index (κ1) is 17.5. The summed E-state index contributed by atoms with van der Waals surface area (Å²) in [4.78, 5) is 20.9. The third kappa shape index (κ3) is 5.37. The van der Waals surface area contributed by atoms with E-state index in [1.807, 2.05) is 0 Å². The second kappa shape index (κ2) is 8.69. The second-order valence-electron chi connectivity index (χ2n) is 5.74. The first-order valence-electron chi connectivity index (χ1n) is 8.13. The molecule has 0 spiro atoms. The summed E-state index contributed by atoms with van der Waals surface area (Å²) in [6, 6.07) is 3.59. The number of hydrogen-bond donors (Lipinski definition) is 2. The Labute approximate surface area is 138 Å². The summed E-state index contributed by atoms with van der Waals surface area (Å²) in [5.41, 5.74) is 0.646. The van der Waals surface area contributed by atoms with E-state index in [1.165, 1.54) is 0 Å². The Kier molecular flexibility index (Phi) is 6.61. The van der Waals surface area contributed by atoms with E-state index in [-0.39, 0.29) is 6.03 Å². The highest BCUT2D eigenvalue weighted by Gasteiger charge is 2.20. The molecule has 0 aliphatic carbocycles. The van der Waals surface area contributed by atoms with Gasteiger partial charge in [-0.3, -0.25) is 4.90 Å². The van der Waals surface area contributed by atoms with Crippen molar-refractivity contribution in [2.75, 3.05) is 51.7 Å². The monoisotopic (exact) mass is 321 g/mol. The van der Waals surface area contributed by atoms with Crippen LogP contribution in [0.2, 0.25) is 0 Å². The average molecular weight is 321 g/mol. The smallest absolute Gasteiger partial charge is 0.319 e. The van der Waals surface area contributed by atoms with E-state index >= 15 is 0 Å². The van der Waals surface area contributed by atoms with E-state index in [4.69, 9.17) is 4.74 Å². The summed E-state index contributed by atoms with van der Waals surface area (Å²) >= 11 is 0. The molecule has 2 amide bonds. The van der Waals surface area contributed by atoms with Crippen molar-refractivity contribution in [1.29, 1.82) is 0 Å². The van der Waals surface area contributed by atoms with E-state index in [0.29, 0.717) is 24.2 Å². The summed E-state index contributed by atoms with van der Waals surface area (Å²) in [6.45, 7) is 10.4. The number of methoxy groups -OCH3 is 1. The van der Waals surface area contributed by atoms with E-state index in [9.17, 15) is 4.79 Å². The topological polar surface area (TPSA) is 69.7 Å². The standard InChI is InChI=1S/C16H27N5O2/c1-4-20-7-9-21(10-8-20)13(2)11-18-16(22)19-14-5-6-15(23-3)17-12-14/h5-6,12-13H,4,7-11H2,1-3H3,(H2,18,19,22)/t13-/m1/s1. The maximum absolute atomic E-state index is 11.9. The first-order chi connectivity index (χ1) is 11.1. The van der Waals surface area contributed by atoms with Gasteiger partial charge >= 0.3 is 6.03 Å². The number of rotatable bonds is 6. The third-order valence-electron chi connectivity index (χ3n) is 4.24. The van der Waals surface area contributed by atoms with Crippen LogP contribution >= 0.6 is 0 Å². The van der Waals surface area contributed by atoms with Gasteiger partial charge in [-0.25, -0.2) is 9.78 Å². The molecule has 1 atom stereocenters. The fourth-order valence-corrected chi connectivity index (χ4v) is 2.64. The molecule has 7 nitrogen and oxygen atoms in total. The van der Waals surface area contributed by atoms with E-state index in [2.05, 4.69) is 39.3 Å². The van der Waals surface area contributed by atoms with Crippen molar-refractivity contribution in [3.8, 4) is 5.88 Å². The molecule has 1 saturated heterocycles. The number of hydrogen-bond acceptors (Lipinski definition) is 5. The largest absolute Gasteiger partial charge is 0.481 e. The minimum absolute atomic E-state index is 0.212. The Hall–Kier alpha value is -1.86. The highest BCUT2D eigenvalue weighted by molar-refractivity contribution is 5.89. The minimum Gasteiger partial charge on any atom is -0.481 e. The van der Waals surface area contributed by atoms with Gasteiger partial charge in [0.05, 0.1) is 19.0 Å². The molecule has 1 fully saturated rings. The van der Waals surface area contributed by atoms with Crippen molar-refractivity contribution < 1.29 is 9.53 Å². The molecule has 128 valence electrons. The lowest BCUT2D eigenvalue weighted by Crippen LogP contribution is -2.52. The van der Waals surface area contributed by atoms with E-state index in [0.717, 1.165) is 32.7 Å². The van der Waals surface area contributed by atoms with Crippen molar-refractivity contribution in [1.82, 2.24) is 20.1 Å². The molecule has 0 saturated carbocycles. The molecule has 1 aromatic rings. The Morgan fingerprint density at radius 1 is 1.35 bits per heavy atom. The van der Waals surface area contributed by atoms with Crippen molar-refractivity contribution >= 4 is 11.7 Å². The second-order valence-corrected chi connectivity index (χ2v) is 5.74. The van der Waals surface area contributed by atoms with Crippen LogP contribution in [0.15, 0.2) is 18.3 Å². The lowest BCUT2D eigenvalue weighted by Gasteiger charge is -2.37. The number of ether oxygens (including phenoxy) is 1. The molecule has 23 heavy (non-hydrogen) atoms. The van der Waals surface area contributed by atoms with Crippen LogP contribution < -0.4 is 15.4 Å². The summed E-state index contributed by atoms with van der Waals surface area (Å²) < 4.78 is 4.99. The number of likely N-dealkylation sites (N-methyl/N-ethyl adjacent to an activating group) is 1.